The lowest BCUT2D eigenvalue weighted by Crippen LogP contribution is -1.97. The molecule has 0 N–H and O–H groups in total. The predicted molar refractivity (Wildman–Crippen MR) is 84.6 cm³/mol. The molecule has 1 heterocycles. The quantitative estimate of drug-likeness (QED) is 0.700. The molecule has 0 atom stereocenters. The Bertz CT molecular complexity index is 614. The fraction of sp³-hybridized carbons (Fsp3) is 0.389. The molecule has 0 radical (unpaired) electrons. The molecule has 3 nitrogen and oxygen atoms in total. The van der Waals surface area contributed by atoms with Crippen molar-refractivity contribution in [1.82, 2.24) is 9.97 Å². The van der Waals surface area contributed by atoms with Gasteiger partial charge in [0.25, 0.3) is 0 Å². The number of benzene rings is 1. The Hall–Kier alpha value is -2.21. The molecule has 0 bridgehead atoms. The maximum Gasteiger partial charge on any atom is 0.116 e. The molecule has 0 aliphatic heterocycles. The van der Waals surface area contributed by atoms with Crippen LogP contribution in [0.25, 0.3) is 11.3 Å². The van der Waals surface area contributed by atoms with Crippen molar-refractivity contribution in [3.8, 4) is 17.3 Å². The van der Waals surface area contributed by atoms with E-state index in [2.05, 4.69) is 23.0 Å². The summed E-state index contributed by atoms with van der Waals surface area (Å²) in [6.45, 7) is 2.22. The van der Waals surface area contributed by atoms with Gasteiger partial charge in [-0.15, -0.1) is 0 Å². The smallest absolute Gasteiger partial charge is 0.116 e. The Morgan fingerprint density at radius 3 is 2.71 bits per heavy atom. The number of hydrogen-bond donors (Lipinski definition) is 0. The van der Waals surface area contributed by atoms with E-state index >= 15 is 0 Å². The SMILES string of the molecule is CCCCCCCc1cncnc1-c1ccccc1C#N. The molecule has 2 rings (SSSR count). The third-order valence-electron chi connectivity index (χ3n) is 3.64. The Balaban J connectivity index is 2.15. The average Bonchev–Trinajstić information content (AvgIpc) is 2.55. The van der Waals surface area contributed by atoms with E-state index in [0.717, 1.165) is 29.7 Å². The molecule has 3 heteroatoms. The van der Waals surface area contributed by atoms with Crippen molar-refractivity contribution in [1.29, 1.82) is 5.26 Å². The summed E-state index contributed by atoms with van der Waals surface area (Å²) in [4.78, 5) is 8.56. The highest BCUT2D eigenvalue weighted by atomic mass is 14.8. The molecule has 0 amide bonds. The molecule has 0 saturated carbocycles. The van der Waals surface area contributed by atoms with Gasteiger partial charge in [0.1, 0.15) is 6.33 Å². The zero-order valence-corrected chi connectivity index (χ0v) is 12.5. The molecule has 0 fully saturated rings. The Kier molecular flexibility index (Phi) is 5.90. The predicted octanol–water partition coefficient (Wildman–Crippen LogP) is 4.53. The summed E-state index contributed by atoms with van der Waals surface area (Å²) in [5, 5.41) is 9.25. The molecule has 0 aliphatic rings. The zero-order chi connectivity index (χ0) is 14.9. The first-order chi connectivity index (χ1) is 10.4. The van der Waals surface area contributed by atoms with Gasteiger partial charge in [-0.05, 0) is 24.5 Å². The van der Waals surface area contributed by atoms with Crippen LogP contribution in [0.5, 0.6) is 0 Å². The first kappa shape index (κ1) is 15.2. The monoisotopic (exact) mass is 279 g/mol. The first-order valence-electron chi connectivity index (χ1n) is 7.65. The molecule has 0 saturated heterocycles. The second-order valence-corrected chi connectivity index (χ2v) is 5.22. The van der Waals surface area contributed by atoms with Gasteiger partial charge in [0.15, 0.2) is 0 Å². The number of rotatable bonds is 7. The van der Waals surface area contributed by atoms with E-state index in [1.165, 1.54) is 25.7 Å². The highest BCUT2D eigenvalue weighted by Gasteiger charge is 2.10. The molecule has 0 unspecified atom stereocenters. The number of aromatic nitrogens is 2. The number of hydrogen-bond acceptors (Lipinski definition) is 3. The summed E-state index contributed by atoms with van der Waals surface area (Å²) in [5.41, 5.74) is 3.61. The Morgan fingerprint density at radius 2 is 1.90 bits per heavy atom. The molecule has 0 spiro atoms. The van der Waals surface area contributed by atoms with Crippen LogP contribution in [0.4, 0.5) is 0 Å². The summed E-state index contributed by atoms with van der Waals surface area (Å²) in [7, 11) is 0. The Labute approximate surface area is 126 Å². The van der Waals surface area contributed by atoms with Crippen LogP contribution in [0.2, 0.25) is 0 Å². The average molecular weight is 279 g/mol. The number of nitriles is 1. The van der Waals surface area contributed by atoms with Crippen molar-refractivity contribution < 1.29 is 0 Å². The van der Waals surface area contributed by atoms with Crippen LogP contribution >= 0.6 is 0 Å². The van der Waals surface area contributed by atoms with Crippen LogP contribution in [-0.4, -0.2) is 9.97 Å². The van der Waals surface area contributed by atoms with Gasteiger partial charge in [0, 0.05) is 11.8 Å². The van der Waals surface area contributed by atoms with Crippen molar-refractivity contribution >= 4 is 0 Å². The maximum absolute atomic E-state index is 9.25. The fourth-order valence-corrected chi connectivity index (χ4v) is 2.49. The minimum absolute atomic E-state index is 0.670. The maximum atomic E-state index is 9.25. The lowest BCUT2D eigenvalue weighted by molar-refractivity contribution is 0.631. The molecular formula is C18H21N3. The lowest BCUT2D eigenvalue weighted by atomic mass is 9.98. The highest BCUT2D eigenvalue weighted by Crippen LogP contribution is 2.25. The van der Waals surface area contributed by atoms with E-state index in [9.17, 15) is 5.26 Å². The fourth-order valence-electron chi connectivity index (χ4n) is 2.49. The highest BCUT2D eigenvalue weighted by molar-refractivity contribution is 5.69. The summed E-state index contributed by atoms with van der Waals surface area (Å²) in [6.07, 6.45) is 10.6. The zero-order valence-electron chi connectivity index (χ0n) is 12.5. The van der Waals surface area contributed by atoms with Crippen molar-refractivity contribution in [3.63, 3.8) is 0 Å². The van der Waals surface area contributed by atoms with Crippen LogP contribution in [0.1, 0.15) is 50.2 Å². The third-order valence-corrected chi connectivity index (χ3v) is 3.64. The molecular weight excluding hydrogens is 258 g/mol. The summed E-state index contributed by atoms with van der Waals surface area (Å²) >= 11 is 0. The van der Waals surface area contributed by atoms with Crippen LogP contribution in [-0.2, 0) is 6.42 Å². The lowest BCUT2D eigenvalue weighted by Gasteiger charge is -2.09. The van der Waals surface area contributed by atoms with Crippen molar-refractivity contribution in [2.24, 2.45) is 0 Å². The van der Waals surface area contributed by atoms with E-state index in [0.29, 0.717) is 5.56 Å². The van der Waals surface area contributed by atoms with Crippen LogP contribution in [0.3, 0.4) is 0 Å². The standard InChI is InChI=1S/C18H21N3/c1-2-3-4-5-6-10-16-13-20-14-21-18(16)17-11-8-7-9-15(17)12-19/h7-9,11,13-14H,2-6,10H2,1H3. The first-order valence-corrected chi connectivity index (χ1v) is 7.65. The third kappa shape index (κ3) is 4.13. The molecule has 1 aromatic heterocycles. The van der Waals surface area contributed by atoms with Gasteiger partial charge < -0.3 is 0 Å². The second kappa shape index (κ2) is 8.16. The van der Waals surface area contributed by atoms with Gasteiger partial charge in [-0.3, -0.25) is 0 Å². The van der Waals surface area contributed by atoms with Gasteiger partial charge >= 0.3 is 0 Å². The largest absolute Gasteiger partial charge is 0.244 e. The normalized spacial score (nSPS) is 10.3. The summed E-state index contributed by atoms with van der Waals surface area (Å²) in [5.74, 6) is 0. The molecule has 0 aliphatic carbocycles. The minimum atomic E-state index is 0.670. The van der Waals surface area contributed by atoms with E-state index in [1.54, 1.807) is 6.33 Å². The van der Waals surface area contributed by atoms with E-state index < -0.39 is 0 Å². The topological polar surface area (TPSA) is 49.6 Å². The second-order valence-electron chi connectivity index (χ2n) is 5.22. The van der Waals surface area contributed by atoms with Crippen molar-refractivity contribution in [3.05, 3.63) is 47.9 Å². The number of nitrogens with zero attached hydrogens (tertiary/aromatic N) is 3. The van der Waals surface area contributed by atoms with Crippen molar-refractivity contribution in [2.45, 2.75) is 45.4 Å². The Morgan fingerprint density at radius 1 is 1.10 bits per heavy atom. The minimum Gasteiger partial charge on any atom is -0.244 e. The molecule has 1 aromatic carbocycles. The van der Waals surface area contributed by atoms with Gasteiger partial charge in [-0.25, -0.2) is 9.97 Å². The van der Waals surface area contributed by atoms with Gasteiger partial charge in [-0.2, -0.15) is 5.26 Å². The van der Waals surface area contributed by atoms with Gasteiger partial charge in [0.2, 0.25) is 0 Å². The van der Waals surface area contributed by atoms with Crippen LogP contribution in [0.15, 0.2) is 36.8 Å². The van der Waals surface area contributed by atoms with E-state index in [1.807, 2.05) is 30.5 Å². The van der Waals surface area contributed by atoms with Crippen molar-refractivity contribution in [2.75, 3.05) is 0 Å². The summed E-state index contributed by atoms with van der Waals surface area (Å²) in [6, 6.07) is 9.87. The molecule has 2 aromatic rings. The molecule has 108 valence electrons. The molecule has 21 heavy (non-hydrogen) atoms. The van der Waals surface area contributed by atoms with Gasteiger partial charge in [-0.1, -0.05) is 50.8 Å². The van der Waals surface area contributed by atoms with Gasteiger partial charge in [0.05, 0.1) is 17.3 Å². The van der Waals surface area contributed by atoms with Crippen LogP contribution < -0.4 is 0 Å². The van der Waals surface area contributed by atoms with Crippen LogP contribution in [0, 0.1) is 11.3 Å². The van der Waals surface area contributed by atoms with E-state index in [4.69, 9.17) is 0 Å². The summed E-state index contributed by atoms with van der Waals surface area (Å²) < 4.78 is 0. The number of aryl methyl sites for hydroxylation is 1. The van der Waals surface area contributed by atoms with E-state index in [-0.39, 0.29) is 0 Å². The number of unbranched alkanes of at least 4 members (excludes halogenated alkanes) is 4.